The van der Waals surface area contributed by atoms with Crippen LogP contribution in [0.15, 0.2) is 71.8 Å². The summed E-state index contributed by atoms with van der Waals surface area (Å²) in [6, 6.07) is 15.2. The highest BCUT2D eigenvalue weighted by atomic mass is 32.2. The molecule has 3 aromatic rings. The molecule has 10 heteroatoms. The first kappa shape index (κ1) is 26.0. The van der Waals surface area contributed by atoms with Gasteiger partial charge in [-0.1, -0.05) is 30.3 Å². The van der Waals surface area contributed by atoms with E-state index in [1.54, 1.807) is 13.0 Å². The van der Waals surface area contributed by atoms with Crippen molar-refractivity contribution < 1.29 is 22.4 Å². The zero-order valence-electron chi connectivity index (χ0n) is 20.9. The second-order valence-electron chi connectivity index (χ2n) is 10.1. The molecule has 2 atom stereocenters. The molecule has 1 unspecified atom stereocenters. The number of fused-ring (bicyclic) bond motifs is 1. The molecule has 3 aliphatic carbocycles. The molecule has 0 spiro atoms. The number of nitrogens with one attached hydrogen (secondary N) is 3. The molecule has 1 heterocycles. The van der Waals surface area contributed by atoms with Gasteiger partial charge in [0, 0.05) is 18.2 Å². The molecule has 1 aromatic heterocycles. The number of hydrogen-bond donors (Lipinski definition) is 3. The van der Waals surface area contributed by atoms with Crippen molar-refractivity contribution in [3.8, 4) is 0 Å². The number of aromatic nitrogens is 1. The quantitative estimate of drug-likeness (QED) is 0.387. The Labute approximate surface area is 221 Å². The van der Waals surface area contributed by atoms with E-state index in [0.29, 0.717) is 23.1 Å². The molecule has 8 nitrogen and oxygen atoms in total. The Kier molecular flexibility index (Phi) is 7.27. The number of benzene rings is 2. The molecule has 3 saturated carbocycles. The number of sulfonamides is 1. The van der Waals surface area contributed by atoms with Crippen molar-refractivity contribution in [3.05, 3.63) is 89.5 Å². The fourth-order valence-corrected chi connectivity index (χ4v) is 6.64. The summed E-state index contributed by atoms with van der Waals surface area (Å²) in [4.78, 5) is 30.0. The smallest absolute Gasteiger partial charge is 0.270 e. The number of hydrogen-bond acceptors (Lipinski definition) is 5. The van der Waals surface area contributed by atoms with Crippen LogP contribution in [0, 0.1) is 24.6 Å². The average molecular weight is 537 g/mol. The molecule has 2 bridgehead atoms. The first-order chi connectivity index (χ1) is 18.2. The van der Waals surface area contributed by atoms with Gasteiger partial charge in [0.2, 0.25) is 15.9 Å². The molecule has 38 heavy (non-hydrogen) atoms. The van der Waals surface area contributed by atoms with Crippen molar-refractivity contribution in [1.29, 1.82) is 0 Å². The average Bonchev–Trinajstić information content (AvgIpc) is 3.44. The zero-order valence-corrected chi connectivity index (χ0v) is 21.7. The van der Waals surface area contributed by atoms with Gasteiger partial charge < -0.3 is 10.6 Å². The fraction of sp³-hybridized carbons (Fsp3) is 0.321. The number of carbonyl (C=O) groups excluding carboxylic acids is 2. The molecule has 3 N–H and O–H groups in total. The van der Waals surface area contributed by atoms with E-state index in [1.165, 1.54) is 18.2 Å². The zero-order chi connectivity index (χ0) is 26.9. The van der Waals surface area contributed by atoms with E-state index in [4.69, 9.17) is 0 Å². The minimum Gasteiger partial charge on any atom is -0.339 e. The number of amides is 2. The summed E-state index contributed by atoms with van der Waals surface area (Å²) in [6.45, 7) is 1.72. The van der Waals surface area contributed by atoms with Crippen LogP contribution in [-0.2, 0) is 21.2 Å². The molecule has 198 valence electrons. The molecular weight excluding hydrogens is 507 g/mol. The third-order valence-corrected chi connectivity index (χ3v) is 8.85. The van der Waals surface area contributed by atoms with Gasteiger partial charge in [-0.2, -0.15) is 0 Å². The summed E-state index contributed by atoms with van der Waals surface area (Å²) >= 11 is 0. The third-order valence-electron chi connectivity index (χ3n) is 7.37. The lowest BCUT2D eigenvalue weighted by Gasteiger charge is -2.24. The highest BCUT2D eigenvalue weighted by molar-refractivity contribution is 7.89. The van der Waals surface area contributed by atoms with Crippen molar-refractivity contribution in [2.75, 3.05) is 5.32 Å². The largest absolute Gasteiger partial charge is 0.339 e. The molecule has 2 aromatic carbocycles. The minimum atomic E-state index is -3.68. The Morgan fingerprint density at radius 3 is 2.45 bits per heavy atom. The molecular formula is C28H29FN4O4S. The molecule has 0 saturated heterocycles. The topological polar surface area (TPSA) is 117 Å². The molecule has 3 fully saturated rings. The van der Waals surface area contributed by atoms with Gasteiger partial charge in [-0.15, -0.1) is 0 Å². The number of nitrogens with zero attached hydrogens (tertiary/aromatic N) is 1. The van der Waals surface area contributed by atoms with Crippen LogP contribution in [0.1, 0.15) is 40.9 Å². The third kappa shape index (κ3) is 5.76. The van der Waals surface area contributed by atoms with E-state index < -0.39 is 33.7 Å². The fourth-order valence-electron chi connectivity index (χ4n) is 5.24. The van der Waals surface area contributed by atoms with Crippen molar-refractivity contribution in [1.82, 2.24) is 15.0 Å². The molecule has 6 rings (SSSR count). The van der Waals surface area contributed by atoms with Crippen molar-refractivity contribution in [2.24, 2.45) is 11.8 Å². The van der Waals surface area contributed by atoms with Gasteiger partial charge in [-0.3, -0.25) is 9.59 Å². The number of halogens is 1. The summed E-state index contributed by atoms with van der Waals surface area (Å²) in [5.74, 6) is -0.607. The van der Waals surface area contributed by atoms with E-state index in [-0.39, 0.29) is 23.1 Å². The van der Waals surface area contributed by atoms with E-state index in [9.17, 15) is 22.4 Å². The summed E-state index contributed by atoms with van der Waals surface area (Å²) < 4.78 is 42.0. The van der Waals surface area contributed by atoms with Gasteiger partial charge in [0.25, 0.3) is 5.91 Å². The Morgan fingerprint density at radius 1 is 1.05 bits per heavy atom. The summed E-state index contributed by atoms with van der Waals surface area (Å²) in [7, 11) is -3.68. The van der Waals surface area contributed by atoms with Gasteiger partial charge in [0.1, 0.15) is 17.6 Å². The lowest BCUT2D eigenvalue weighted by Crippen LogP contribution is -2.45. The Balaban J connectivity index is 1.31. The van der Waals surface area contributed by atoms with Crippen LogP contribution in [0.25, 0.3) is 0 Å². The van der Waals surface area contributed by atoms with Crippen LogP contribution < -0.4 is 15.4 Å². The maximum absolute atomic E-state index is 13.3. The first-order valence-corrected chi connectivity index (χ1v) is 14.1. The number of anilines is 1. The SMILES string of the molecule is Cc1cc(S(=O)(=O)NC2CC3CC2C3)ccc1NC(=O)[C@H](Cc1ccccc1)NC(=O)c1ccc(F)cn1. The van der Waals surface area contributed by atoms with Crippen molar-refractivity contribution >= 4 is 27.5 Å². The van der Waals surface area contributed by atoms with E-state index in [1.807, 2.05) is 30.3 Å². The van der Waals surface area contributed by atoms with E-state index in [2.05, 4.69) is 20.3 Å². The maximum atomic E-state index is 13.3. The van der Waals surface area contributed by atoms with Gasteiger partial charge in [-0.25, -0.2) is 22.5 Å². The Bertz CT molecular complexity index is 1440. The normalized spacial score (nSPS) is 20.8. The van der Waals surface area contributed by atoms with Crippen LogP contribution in [0.3, 0.4) is 0 Å². The molecule has 0 aliphatic heterocycles. The van der Waals surface area contributed by atoms with Crippen LogP contribution in [0.5, 0.6) is 0 Å². The number of aryl methyl sites for hydroxylation is 1. The first-order valence-electron chi connectivity index (χ1n) is 12.6. The summed E-state index contributed by atoms with van der Waals surface area (Å²) in [5, 5.41) is 5.50. The van der Waals surface area contributed by atoms with Gasteiger partial charge in [0.05, 0.1) is 11.1 Å². The standard InChI is InChI=1S/C28H29FN4O4S/c1-17-11-22(38(36,37)33-25-15-19-12-20(25)13-19)8-10-23(17)31-28(35)26(14-18-5-3-2-4-6-18)32-27(34)24-9-7-21(29)16-30-24/h2-11,16,19-20,25-26,33H,12-15H2,1H3,(H,31,35)(H,32,34)/t19?,20?,25?,26-/m0/s1. The maximum Gasteiger partial charge on any atom is 0.270 e. The minimum absolute atomic E-state index is 0.0114. The summed E-state index contributed by atoms with van der Waals surface area (Å²) in [5.41, 5.74) is 1.82. The van der Waals surface area contributed by atoms with Gasteiger partial charge >= 0.3 is 0 Å². The number of carbonyl (C=O) groups is 2. The van der Waals surface area contributed by atoms with Gasteiger partial charge in [0.15, 0.2) is 0 Å². The highest BCUT2D eigenvalue weighted by Gasteiger charge is 2.45. The second kappa shape index (κ2) is 10.6. The van der Waals surface area contributed by atoms with Crippen LogP contribution in [0.4, 0.5) is 10.1 Å². The molecule has 0 radical (unpaired) electrons. The monoisotopic (exact) mass is 536 g/mol. The predicted molar refractivity (Wildman–Crippen MR) is 140 cm³/mol. The van der Waals surface area contributed by atoms with E-state index >= 15 is 0 Å². The second-order valence-corrected chi connectivity index (χ2v) is 11.8. The Morgan fingerprint density at radius 2 is 1.82 bits per heavy atom. The Hall–Kier alpha value is -3.63. The lowest BCUT2D eigenvalue weighted by atomic mass is 9.84. The predicted octanol–water partition coefficient (Wildman–Crippen LogP) is 3.59. The van der Waals surface area contributed by atoms with Crippen LogP contribution >= 0.6 is 0 Å². The van der Waals surface area contributed by atoms with Gasteiger partial charge in [-0.05, 0) is 79.5 Å². The number of pyridine rings is 1. The molecule has 2 amide bonds. The van der Waals surface area contributed by atoms with Crippen LogP contribution in [0.2, 0.25) is 0 Å². The number of rotatable bonds is 9. The molecule has 3 aliphatic rings. The van der Waals surface area contributed by atoms with Crippen LogP contribution in [-0.4, -0.2) is 37.3 Å². The van der Waals surface area contributed by atoms with Crippen molar-refractivity contribution in [2.45, 2.75) is 49.6 Å². The van der Waals surface area contributed by atoms with Crippen molar-refractivity contribution in [3.63, 3.8) is 0 Å². The van der Waals surface area contributed by atoms with E-state index in [0.717, 1.165) is 37.1 Å². The lowest BCUT2D eigenvalue weighted by molar-refractivity contribution is -0.118. The highest BCUT2D eigenvalue weighted by Crippen LogP contribution is 2.48. The summed E-state index contributed by atoms with van der Waals surface area (Å²) in [6.07, 6.45) is 4.21.